The van der Waals surface area contributed by atoms with Crippen molar-refractivity contribution in [2.45, 2.75) is 24.9 Å². The number of ether oxygens (including phenoxy) is 1. The first-order chi connectivity index (χ1) is 12.6. The highest BCUT2D eigenvalue weighted by molar-refractivity contribution is 7.79. The van der Waals surface area contributed by atoms with Crippen molar-refractivity contribution in [2.75, 3.05) is 0 Å². The molecular weight excluding hydrogens is 348 g/mol. The molecule has 0 saturated carbocycles. The van der Waals surface area contributed by atoms with Gasteiger partial charge in [-0.1, -0.05) is 30.3 Å². The van der Waals surface area contributed by atoms with E-state index in [0.29, 0.717) is 40.6 Å². The maximum atomic E-state index is 11.7. The predicted molar refractivity (Wildman–Crippen MR) is 99.7 cm³/mol. The second-order valence-corrected chi connectivity index (χ2v) is 6.72. The van der Waals surface area contributed by atoms with E-state index in [0.717, 1.165) is 5.56 Å². The van der Waals surface area contributed by atoms with Gasteiger partial charge in [0.1, 0.15) is 11.5 Å². The molecule has 1 atom stereocenters. The van der Waals surface area contributed by atoms with Crippen molar-refractivity contribution in [2.24, 2.45) is 0 Å². The average Bonchev–Trinajstić information content (AvgIpc) is 2.63. The third-order valence-electron chi connectivity index (χ3n) is 3.85. The molecule has 0 spiro atoms. The summed E-state index contributed by atoms with van der Waals surface area (Å²) in [6, 6.07) is 17.0. The van der Waals surface area contributed by atoms with Crippen LogP contribution in [-0.4, -0.2) is 13.7 Å². The van der Waals surface area contributed by atoms with E-state index >= 15 is 0 Å². The van der Waals surface area contributed by atoms with Gasteiger partial charge in [-0.25, -0.2) is 0 Å². The fraction of sp³-hybridized carbons (Fsp3) is 0.150. The molecule has 1 N–H and O–H groups in total. The van der Waals surface area contributed by atoms with Gasteiger partial charge in [0.15, 0.2) is 0 Å². The summed E-state index contributed by atoms with van der Waals surface area (Å²) in [6.07, 6.45) is 3.28. The van der Waals surface area contributed by atoms with Crippen LogP contribution in [0.5, 0.6) is 11.5 Å². The first kappa shape index (κ1) is 18.3. The van der Waals surface area contributed by atoms with Crippen LogP contribution in [0.3, 0.4) is 0 Å². The monoisotopic (exact) mass is 367 g/mol. The Morgan fingerprint density at radius 2 is 1.88 bits per heavy atom. The number of benzene rings is 2. The summed E-state index contributed by atoms with van der Waals surface area (Å²) in [5.74, 6) is 1.19. The number of hydrogen-bond donors (Lipinski definition) is 1. The van der Waals surface area contributed by atoms with Gasteiger partial charge in [-0.15, -0.1) is 0 Å². The molecule has 0 fully saturated rings. The fourth-order valence-electron chi connectivity index (χ4n) is 2.72. The van der Waals surface area contributed by atoms with Gasteiger partial charge in [0.2, 0.25) is 0 Å². The van der Waals surface area contributed by atoms with E-state index < -0.39 is 11.1 Å². The number of rotatable bonds is 7. The zero-order valence-electron chi connectivity index (χ0n) is 14.3. The summed E-state index contributed by atoms with van der Waals surface area (Å²) in [5.41, 5.74) is 2.46. The average molecular weight is 367 g/mol. The number of nitrogens with one attached hydrogen (secondary N) is 1. The van der Waals surface area contributed by atoms with Crippen molar-refractivity contribution in [1.82, 2.24) is 10.3 Å². The Morgan fingerprint density at radius 1 is 1.08 bits per heavy atom. The smallest absolute Gasteiger partial charge is 0.145 e. The minimum atomic E-state index is -2.31. The summed E-state index contributed by atoms with van der Waals surface area (Å²) in [7, 11) is 0. The van der Waals surface area contributed by atoms with Crippen molar-refractivity contribution in [1.29, 1.82) is 0 Å². The maximum absolute atomic E-state index is 11.7. The van der Waals surface area contributed by atoms with E-state index in [4.69, 9.17) is 4.74 Å². The number of hydrogen-bond acceptors (Lipinski definition) is 5. The third-order valence-corrected chi connectivity index (χ3v) is 4.77. The van der Waals surface area contributed by atoms with Crippen molar-refractivity contribution < 1.29 is 13.5 Å². The lowest BCUT2D eigenvalue weighted by atomic mass is 10.1. The van der Waals surface area contributed by atoms with E-state index in [1.165, 1.54) is 0 Å². The van der Waals surface area contributed by atoms with Crippen LogP contribution in [0.2, 0.25) is 0 Å². The fourth-order valence-corrected chi connectivity index (χ4v) is 3.39. The maximum Gasteiger partial charge on any atom is 0.145 e. The molecule has 1 heterocycles. The van der Waals surface area contributed by atoms with Crippen LogP contribution in [-0.2, 0) is 24.2 Å². The molecule has 0 amide bonds. The largest absolute Gasteiger partial charge is 0.768 e. The third kappa shape index (κ3) is 4.76. The topological polar surface area (TPSA) is 74.3 Å². The molecule has 0 bridgehead atoms. The Morgan fingerprint density at radius 3 is 2.58 bits per heavy atom. The van der Waals surface area contributed by atoms with E-state index in [-0.39, 0.29) is 0 Å². The molecule has 0 radical (unpaired) electrons. The Bertz CT molecular complexity index is 886. The number of aromatic nitrogens is 1. The van der Waals surface area contributed by atoms with Crippen molar-refractivity contribution in [3.63, 3.8) is 0 Å². The molecule has 6 heteroatoms. The lowest BCUT2D eigenvalue weighted by Gasteiger charge is -2.18. The highest BCUT2D eigenvalue weighted by atomic mass is 32.2. The van der Waals surface area contributed by atoms with Crippen molar-refractivity contribution in [3.05, 3.63) is 83.7 Å². The standard InChI is InChI=1S/C20H20N2O3S/c1-15-10-19(25-18-8-5-9-21-14-18)11-17(20(15)26(23)24)13-22-12-16-6-3-2-4-7-16/h2-11,14,22H,12-13H2,1H3,(H,23,24)/p-1. The van der Waals surface area contributed by atoms with Gasteiger partial charge in [-0.05, 0) is 59.0 Å². The molecule has 26 heavy (non-hydrogen) atoms. The summed E-state index contributed by atoms with van der Waals surface area (Å²) in [4.78, 5) is 4.33. The number of pyridine rings is 1. The SMILES string of the molecule is Cc1cc(Oc2cccnc2)cc(CNCc2ccccc2)c1S(=O)[O-]. The van der Waals surface area contributed by atoms with Crippen LogP contribution in [0, 0.1) is 6.92 Å². The Balaban J connectivity index is 1.80. The van der Waals surface area contributed by atoms with Crippen LogP contribution < -0.4 is 10.1 Å². The van der Waals surface area contributed by atoms with Gasteiger partial charge in [-0.2, -0.15) is 0 Å². The first-order valence-electron chi connectivity index (χ1n) is 8.19. The second-order valence-electron chi connectivity index (χ2n) is 5.84. The molecule has 0 aliphatic heterocycles. The Kier molecular flexibility index (Phi) is 6.12. The van der Waals surface area contributed by atoms with Gasteiger partial charge >= 0.3 is 0 Å². The first-order valence-corrected chi connectivity index (χ1v) is 9.26. The van der Waals surface area contributed by atoms with Crippen molar-refractivity contribution in [3.8, 4) is 11.5 Å². The summed E-state index contributed by atoms with van der Waals surface area (Å²) < 4.78 is 29.1. The highest BCUT2D eigenvalue weighted by Crippen LogP contribution is 2.28. The summed E-state index contributed by atoms with van der Waals surface area (Å²) in [6.45, 7) is 2.84. The zero-order chi connectivity index (χ0) is 18.4. The molecule has 3 aromatic rings. The molecule has 1 unspecified atom stereocenters. The van der Waals surface area contributed by atoms with Crippen LogP contribution in [0.1, 0.15) is 16.7 Å². The Hall–Kier alpha value is -2.54. The molecule has 5 nitrogen and oxygen atoms in total. The summed E-state index contributed by atoms with van der Waals surface area (Å²) in [5, 5.41) is 3.29. The molecule has 2 aromatic carbocycles. The Labute approximate surface area is 155 Å². The molecule has 3 rings (SSSR count). The minimum absolute atomic E-state index is 0.309. The second kappa shape index (κ2) is 8.71. The van der Waals surface area contributed by atoms with Crippen LogP contribution in [0.4, 0.5) is 0 Å². The number of nitrogens with zero attached hydrogens (tertiary/aromatic N) is 1. The lowest BCUT2D eigenvalue weighted by molar-refractivity contribution is 0.477. The molecule has 0 aliphatic carbocycles. The normalized spacial score (nSPS) is 11.9. The van der Waals surface area contributed by atoms with Gasteiger partial charge in [0.05, 0.1) is 6.20 Å². The summed E-state index contributed by atoms with van der Waals surface area (Å²) >= 11 is -2.31. The van der Waals surface area contributed by atoms with Gasteiger partial charge in [0, 0.05) is 24.2 Å². The zero-order valence-corrected chi connectivity index (χ0v) is 15.2. The minimum Gasteiger partial charge on any atom is -0.768 e. The quantitative estimate of drug-likeness (QED) is 0.645. The van der Waals surface area contributed by atoms with E-state index in [1.54, 1.807) is 43.6 Å². The predicted octanol–water partition coefficient (Wildman–Crippen LogP) is 3.71. The number of aryl methyl sites for hydroxylation is 1. The lowest BCUT2D eigenvalue weighted by Crippen LogP contribution is -2.15. The van der Waals surface area contributed by atoms with Gasteiger partial charge in [-0.3, -0.25) is 9.19 Å². The van der Waals surface area contributed by atoms with Gasteiger partial charge < -0.3 is 14.6 Å². The van der Waals surface area contributed by atoms with Gasteiger partial charge in [0.25, 0.3) is 0 Å². The van der Waals surface area contributed by atoms with E-state index in [2.05, 4.69) is 10.3 Å². The van der Waals surface area contributed by atoms with E-state index in [1.807, 2.05) is 30.3 Å². The van der Waals surface area contributed by atoms with Crippen LogP contribution in [0.15, 0.2) is 71.9 Å². The van der Waals surface area contributed by atoms with E-state index in [9.17, 15) is 8.76 Å². The van der Waals surface area contributed by atoms with Crippen LogP contribution >= 0.6 is 0 Å². The highest BCUT2D eigenvalue weighted by Gasteiger charge is 2.11. The molecule has 134 valence electrons. The molecule has 0 saturated heterocycles. The molecular formula is C20H19N2O3S-. The van der Waals surface area contributed by atoms with Crippen molar-refractivity contribution >= 4 is 11.1 Å². The molecule has 0 aliphatic rings. The molecule has 1 aromatic heterocycles. The van der Waals surface area contributed by atoms with Crippen LogP contribution in [0.25, 0.3) is 0 Å².